The van der Waals surface area contributed by atoms with Gasteiger partial charge in [0.25, 0.3) is 0 Å². The summed E-state index contributed by atoms with van der Waals surface area (Å²) in [6.45, 7) is 9.17. The van der Waals surface area contributed by atoms with E-state index in [1.165, 1.54) is 6.92 Å². The van der Waals surface area contributed by atoms with Crippen molar-refractivity contribution in [3.63, 3.8) is 0 Å². The number of hydrogen-bond acceptors (Lipinski definition) is 5. The molecule has 0 bridgehead atoms. The van der Waals surface area contributed by atoms with Crippen molar-refractivity contribution in [1.82, 2.24) is 9.55 Å². The lowest BCUT2D eigenvalue weighted by Crippen LogP contribution is -2.26. The molecule has 1 aromatic heterocycles. The predicted octanol–water partition coefficient (Wildman–Crippen LogP) is 6.78. The number of imidazole rings is 1. The molecule has 3 aromatic rings. The molecule has 36 heavy (non-hydrogen) atoms. The van der Waals surface area contributed by atoms with Gasteiger partial charge < -0.3 is 18.8 Å². The van der Waals surface area contributed by atoms with Gasteiger partial charge in [0.15, 0.2) is 5.75 Å². The molecule has 0 saturated heterocycles. The van der Waals surface area contributed by atoms with E-state index in [1.54, 1.807) is 6.20 Å². The predicted molar refractivity (Wildman–Crippen MR) is 144 cm³/mol. The van der Waals surface area contributed by atoms with Crippen LogP contribution >= 0.6 is 34.8 Å². The highest BCUT2D eigenvalue weighted by Gasteiger charge is 2.26. The standard InChI is InChI=1S/C27H31Cl3N2O4/c1-18(14-32-10-9-31-17-32)15-34-22-7-5-20(6-8-22)27(3,4)21-11-24(29)26(25(30)12-21)35-16-23(13-28)36-19(2)33/h5-12,17-18,23H,13-16H2,1-4H3/t18-,23+/m1/s1. The van der Waals surface area contributed by atoms with Gasteiger partial charge in [0.1, 0.15) is 18.5 Å². The van der Waals surface area contributed by atoms with Crippen LogP contribution < -0.4 is 9.47 Å². The molecule has 1 heterocycles. The van der Waals surface area contributed by atoms with Crippen LogP contribution in [0.1, 0.15) is 38.8 Å². The van der Waals surface area contributed by atoms with E-state index in [2.05, 4.69) is 25.8 Å². The maximum atomic E-state index is 11.2. The van der Waals surface area contributed by atoms with Gasteiger partial charge >= 0.3 is 5.97 Å². The zero-order valence-corrected chi connectivity index (χ0v) is 23.1. The Hall–Kier alpha value is -2.41. The number of hydrogen-bond donors (Lipinski definition) is 0. The number of aromatic nitrogens is 2. The molecule has 0 saturated carbocycles. The van der Waals surface area contributed by atoms with Gasteiger partial charge in [0, 0.05) is 37.2 Å². The summed E-state index contributed by atoms with van der Waals surface area (Å²) in [5.74, 6) is 1.15. The first-order chi connectivity index (χ1) is 17.1. The zero-order valence-electron chi connectivity index (χ0n) is 20.8. The molecule has 0 amide bonds. The number of nitrogens with zero attached hydrogens (tertiary/aromatic N) is 2. The van der Waals surface area contributed by atoms with Crippen LogP contribution in [0.5, 0.6) is 11.5 Å². The molecule has 2 atom stereocenters. The van der Waals surface area contributed by atoms with E-state index in [1.807, 2.05) is 53.5 Å². The minimum absolute atomic E-state index is 0.0493. The molecule has 0 N–H and O–H groups in total. The molecular weight excluding hydrogens is 523 g/mol. The number of alkyl halides is 1. The van der Waals surface area contributed by atoms with Crippen molar-refractivity contribution in [1.29, 1.82) is 0 Å². The first kappa shape index (κ1) is 28.2. The quantitative estimate of drug-likeness (QED) is 0.183. The average molecular weight is 554 g/mol. The third-order valence-corrected chi connectivity index (χ3v) is 6.74. The first-order valence-electron chi connectivity index (χ1n) is 11.6. The zero-order chi connectivity index (χ0) is 26.3. The van der Waals surface area contributed by atoms with Crippen LogP contribution in [0.3, 0.4) is 0 Å². The van der Waals surface area contributed by atoms with Crippen LogP contribution in [-0.4, -0.2) is 40.7 Å². The van der Waals surface area contributed by atoms with Crippen molar-refractivity contribution < 1.29 is 19.0 Å². The third kappa shape index (κ3) is 7.55. The molecule has 0 radical (unpaired) electrons. The van der Waals surface area contributed by atoms with E-state index >= 15 is 0 Å². The maximum absolute atomic E-state index is 11.2. The number of carbonyl (C=O) groups excluding carboxylic acids is 1. The Morgan fingerprint density at radius 1 is 1.06 bits per heavy atom. The third-order valence-electron chi connectivity index (χ3n) is 5.83. The van der Waals surface area contributed by atoms with Gasteiger partial charge in [-0.3, -0.25) is 4.79 Å². The van der Waals surface area contributed by atoms with Crippen LogP contribution in [0.15, 0.2) is 55.1 Å². The van der Waals surface area contributed by atoms with Crippen LogP contribution in [-0.2, 0) is 21.5 Å². The van der Waals surface area contributed by atoms with Crippen molar-refractivity contribution in [3.8, 4) is 11.5 Å². The molecule has 0 fully saturated rings. The summed E-state index contributed by atoms with van der Waals surface area (Å²) in [6.07, 6.45) is 4.94. The molecule has 0 aliphatic heterocycles. The lowest BCUT2D eigenvalue weighted by atomic mass is 9.78. The van der Waals surface area contributed by atoms with Crippen molar-refractivity contribution >= 4 is 40.8 Å². The van der Waals surface area contributed by atoms with Gasteiger partial charge in [-0.15, -0.1) is 11.6 Å². The number of esters is 1. The second-order valence-electron chi connectivity index (χ2n) is 9.29. The fourth-order valence-electron chi connectivity index (χ4n) is 3.76. The molecule has 6 nitrogen and oxygen atoms in total. The summed E-state index contributed by atoms with van der Waals surface area (Å²) in [5.41, 5.74) is 1.63. The second kappa shape index (κ2) is 12.7. The fourth-order valence-corrected chi connectivity index (χ4v) is 4.51. The Morgan fingerprint density at radius 3 is 2.28 bits per heavy atom. The summed E-state index contributed by atoms with van der Waals surface area (Å²) in [5, 5.41) is 0.738. The molecule has 2 aromatic carbocycles. The smallest absolute Gasteiger partial charge is 0.303 e. The van der Waals surface area contributed by atoms with E-state index in [-0.39, 0.29) is 17.9 Å². The SMILES string of the molecule is CC(=O)O[C@@H](CCl)COc1c(Cl)cc(C(C)(C)c2ccc(OC[C@H](C)Cn3ccnc3)cc2)cc1Cl. The number of carbonyl (C=O) groups is 1. The van der Waals surface area contributed by atoms with Crippen LogP contribution in [0, 0.1) is 5.92 Å². The lowest BCUT2D eigenvalue weighted by Gasteiger charge is -2.27. The molecule has 3 rings (SSSR count). The van der Waals surface area contributed by atoms with E-state index in [0.29, 0.717) is 28.3 Å². The summed E-state index contributed by atoms with van der Waals surface area (Å²) in [6, 6.07) is 11.7. The second-order valence-corrected chi connectivity index (χ2v) is 10.4. The lowest BCUT2D eigenvalue weighted by molar-refractivity contribution is -0.146. The van der Waals surface area contributed by atoms with Crippen molar-refractivity contribution in [3.05, 3.63) is 76.3 Å². The molecule has 194 valence electrons. The van der Waals surface area contributed by atoms with Gasteiger partial charge in [-0.05, 0) is 35.4 Å². The van der Waals surface area contributed by atoms with Crippen molar-refractivity contribution in [2.24, 2.45) is 5.92 Å². The fraction of sp³-hybridized carbons (Fsp3) is 0.407. The molecule has 0 aliphatic carbocycles. The Balaban J connectivity index is 1.66. The van der Waals surface area contributed by atoms with E-state index in [9.17, 15) is 4.79 Å². The van der Waals surface area contributed by atoms with E-state index in [0.717, 1.165) is 23.4 Å². The number of ether oxygens (including phenoxy) is 3. The molecule has 0 aliphatic rings. The van der Waals surface area contributed by atoms with Gasteiger partial charge in [0.2, 0.25) is 0 Å². The van der Waals surface area contributed by atoms with Crippen LogP contribution in [0.25, 0.3) is 0 Å². The summed E-state index contributed by atoms with van der Waals surface area (Å²) in [4.78, 5) is 15.3. The van der Waals surface area contributed by atoms with E-state index < -0.39 is 12.1 Å². The van der Waals surface area contributed by atoms with Crippen molar-refractivity contribution in [2.45, 2.75) is 45.8 Å². The summed E-state index contributed by atoms with van der Waals surface area (Å²) >= 11 is 18.9. The number of halogens is 3. The molecule has 0 spiro atoms. The summed E-state index contributed by atoms with van der Waals surface area (Å²) < 4.78 is 18.9. The van der Waals surface area contributed by atoms with Gasteiger partial charge in [-0.1, -0.05) is 56.1 Å². The average Bonchev–Trinajstić information content (AvgIpc) is 3.34. The highest BCUT2D eigenvalue weighted by molar-refractivity contribution is 6.37. The molecule has 0 unspecified atom stereocenters. The highest BCUT2D eigenvalue weighted by Crippen LogP contribution is 2.40. The minimum atomic E-state index is -0.595. The topological polar surface area (TPSA) is 62.6 Å². The molecular formula is C27H31Cl3N2O4. The van der Waals surface area contributed by atoms with Gasteiger partial charge in [-0.25, -0.2) is 4.98 Å². The maximum Gasteiger partial charge on any atom is 0.303 e. The Labute approximate surface area is 227 Å². The monoisotopic (exact) mass is 552 g/mol. The highest BCUT2D eigenvalue weighted by atomic mass is 35.5. The largest absolute Gasteiger partial charge is 0.493 e. The van der Waals surface area contributed by atoms with Crippen LogP contribution in [0.2, 0.25) is 10.0 Å². The Morgan fingerprint density at radius 2 is 1.72 bits per heavy atom. The minimum Gasteiger partial charge on any atom is -0.493 e. The Bertz CT molecular complexity index is 1110. The number of benzene rings is 2. The van der Waals surface area contributed by atoms with E-state index in [4.69, 9.17) is 49.0 Å². The van der Waals surface area contributed by atoms with Crippen LogP contribution in [0.4, 0.5) is 0 Å². The first-order valence-corrected chi connectivity index (χ1v) is 12.9. The van der Waals surface area contributed by atoms with Crippen molar-refractivity contribution in [2.75, 3.05) is 19.1 Å². The number of rotatable bonds is 12. The normalized spacial score (nSPS) is 13.2. The van der Waals surface area contributed by atoms with Gasteiger partial charge in [-0.2, -0.15) is 0 Å². The molecule has 9 heteroatoms. The van der Waals surface area contributed by atoms with Gasteiger partial charge in [0.05, 0.1) is 28.9 Å². The Kier molecular flexibility index (Phi) is 9.94. The summed E-state index contributed by atoms with van der Waals surface area (Å²) in [7, 11) is 0.